The molecule has 26 heavy (non-hydrogen) atoms. The van der Waals surface area contributed by atoms with Crippen molar-refractivity contribution in [2.45, 2.75) is 32.6 Å². The second-order valence-corrected chi connectivity index (χ2v) is 7.99. The van der Waals surface area contributed by atoms with Crippen LogP contribution in [0.4, 0.5) is 10.1 Å². The fourth-order valence-corrected chi connectivity index (χ4v) is 3.92. The quantitative estimate of drug-likeness (QED) is 0.840. The van der Waals surface area contributed by atoms with E-state index in [0.717, 1.165) is 22.9 Å². The topological polar surface area (TPSA) is 66.5 Å². The lowest BCUT2D eigenvalue weighted by atomic mass is 10.1. The SMILES string of the molecule is CC(=O)N(CCNS(=O)(=O)c1ccc(F)c(C)c1)c1c(C)cccc1C. The largest absolute Gasteiger partial charge is 0.311 e. The molecule has 0 saturated heterocycles. The minimum Gasteiger partial charge on any atom is -0.311 e. The molecule has 7 heteroatoms. The molecule has 2 rings (SSSR count). The number of sulfonamides is 1. The van der Waals surface area contributed by atoms with Crippen LogP contribution in [0.3, 0.4) is 0 Å². The number of anilines is 1. The summed E-state index contributed by atoms with van der Waals surface area (Å²) >= 11 is 0. The Kier molecular flexibility index (Phi) is 6.15. The number of benzene rings is 2. The van der Waals surface area contributed by atoms with Crippen molar-refractivity contribution in [3.8, 4) is 0 Å². The van der Waals surface area contributed by atoms with Crippen molar-refractivity contribution in [2.75, 3.05) is 18.0 Å². The fourth-order valence-electron chi connectivity index (χ4n) is 2.82. The molecule has 0 radical (unpaired) electrons. The Hall–Kier alpha value is -2.25. The van der Waals surface area contributed by atoms with Crippen LogP contribution in [0, 0.1) is 26.6 Å². The van der Waals surface area contributed by atoms with Crippen LogP contribution in [-0.4, -0.2) is 27.4 Å². The Bertz CT molecular complexity index is 906. The number of rotatable bonds is 6. The predicted molar refractivity (Wildman–Crippen MR) is 100 cm³/mol. The Morgan fingerprint density at radius 2 is 1.69 bits per heavy atom. The van der Waals surface area contributed by atoms with Crippen LogP contribution in [0.25, 0.3) is 0 Å². The van der Waals surface area contributed by atoms with Crippen molar-refractivity contribution in [2.24, 2.45) is 0 Å². The molecule has 0 saturated carbocycles. The van der Waals surface area contributed by atoms with Gasteiger partial charge >= 0.3 is 0 Å². The molecule has 0 aliphatic carbocycles. The molecule has 2 aromatic rings. The lowest BCUT2D eigenvalue weighted by Gasteiger charge is -2.25. The third-order valence-electron chi connectivity index (χ3n) is 4.16. The summed E-state index contributed by atoms with van der Waals surface area (Å²) in [4.78, 5) is 13.6. The second kappa shape index (κ2) is 7.97. The summed E-state index contributed by atoms with van der Waals surface area (Å²) in [6.07, 6.45) is 0. The molecule has 140 valence electrons. The van der Waals surface area contributed by atoms with Crippen molar-refractivity contribution in [1.82, 2.24) is 4.72 Å². The van der Waals surface area contributed by atoms with Gasteiger partial charge in [-0.1, -0.05) is 18.2 Å². The highest BCUT2D eigenvalue weighted by molar-refractivity contribution is 7.89. The van der Waals surface area contributed by atoms with Crippen molar-refractivity contribution >= 4 is 21.6 Å². The van der Waals surface area contributed by atoms with E-state index < -0.39 is 15.8 Å². The zero-order valence-corrected chi connectivity index (χ0v) is 16.2. The molecule has 0 heterocycles. The fraction of sp³-hybridized carbons (Fsp3) is 0.316. The highest BCUT2D eigenvalue weighted by Gasteiger charge is 2.19. The van der Waals surface area contributed by atoms with Crippen LogP contribution in [0.5, 0.6) is 0 Å². The van der Waals surface area contributed by atoms with E-state index in [9.17, 15) is 17.6 Å². The third-order valence-corrected chi connectivity index (χ3v) is 5.62. The normalized spacial score (nSPS) is 11.4. The number of nitrogens with one attached hydrogen (secondary N) is 1. The van der Waals surface area contributed by atoms with E-state index in [4.69, 9.17) is 0 Å². The molecule has 0 aliphatic heterocycles. The molecular weight excluding hydrogens is 355 g/mol. The van der Waals surface area contributed by atoms with Crippen LogP contribution >= 0.6 is 0 Å². The van der Waals surface area contributed by atoms with Crippen molar-refractivity contribution in [3.05, 3.63) is 58.9 Å². The second-order valence-electron chi connectivity index (χ2n) is 6.22. The molecule has 0 unspecified atom stereocenters. The summed E-state index contributed by atoms with van der Waals surface area (Å²) in [7, 11) is -3.78. The summed E-state index contributed by atoms with van der Waals surface area (Å²) in [6.45, 7) is 7.01. The summed E-state index contributed by atoms with van der Waals surface area (Å²) < 4.78 is 40.6. The lowest BCUT2D eigenvalue weighted by Crippen LogP contribution is -2.38. The molecule has 0 aromatic heterocycles. The van der Waals surface area contributed by atoms with Crippen molar-refractivity contribution in [3.63, 3.8) is 0 Å². The smallest absolute Gasteiger partial charge is 0.240 e. The molecule has 0 bridgehead atoms. The van der Waals surface area contributed by atoms with Crippen molar-refractivity contribution in [1.29, 1.82) is 0 Å². The van der Waals surface area contributed by atoms with Crippen LogP contribution < -0.4 is 9.62 Å². The first-order valence-electron chi connectivity index (χ1n) is 8.23. The maximum atomic E-state index is 13.3. The maximum Gasteiger partial charge on any atom is 0.240 e. The number of carbonyl (C=O) groups excluding carboxylic acids is 1. The first-order valence-corrected chi connectivity index (χ1v) is 9.72. The molecule has 1 N–H and O–H groups in total. The molecule has 0 fully saturated rings. The van der Waals surface area contributed by atoms with Gasteiger partial charge in [0.1, 0.15) is 5.82 Å². The number of halogens is 1. The van der Waals surface area contributed by atoms with Gasteiger partial charge in [0.25, 0.3) is 0 Å². The highest BCUT2D eigenvalue weighted by atomic mass is 32.2. The molecule has 2 aromatic carbocycles. The summed E-state index contributed by atoms with van der Waals surface area (Å²) in [6, 6.07) is 9.35. The third kappa shape index (κ3) is 4.47. The van der Waals surface area contributed by atoms with Crippen LogP contribution in [0.1, 0.15) is 23.6 Å². The first-order chi connectivity index (χ1) is 12.1. The zero-order chi connectivity index (χ0) is 19.5. The molecule has 1 amide bonds. The number of aryl methyl sites for hydroxylation is 3. The molecule has 0 atom stereocenters. The Morgan fingerprint density at radius 1 is 1.08 bits per heavy atom. The molecular formula is C19H23FN2O3S. The van der Waals surface area contributed by atoms with E-state index in [1.807, 2.05) is 32.0 Å². The van der Waals surface area contributed by atoms with E-state index in [-0.39, 0.29) is 29.5 Å². The first kappa shape index (κ1) is 20.1. The average molecular weight is 378 g/mol. The average Bonchev–Trinajstić information content (AvgIpc) is 2.55. The number of hydrogen-bond acceptors (Lipinski definition) is 3. The molecule has 0 aliphatic rings. The Morgan fingerprint density at radius 3 is 2.23 bits per heavy atom. The Balaban J connectivity index is 2.15. The highest BCUT2D eigenvalue weighted by Crippen LogP contribution is 2.24. The van der Waals surface area contributed by atoms with Gasteiger partial charge in [0.2, 0.25) is 15.9 Å². The predicted octanol–water partition coefficient (Wildman–Crippen LogP) is 3.08. The number of hydrogen-bond donors (Lipinski definition) is 1. The summed E-state index contributed by atoms with van der Waals surface area (Å²) in [5.41, 5.74) is 2.93. The van der Waals surface area contributed by atoms with Crippen LogP contribution in [-0.2, 0) is 14.8 Å². The van der Waals surface area contributed by atoms with E-state index in [1.54, 1.807) is 4.90 Å². The standard InChI is InChI=1S/C19H23FN2O3S/c1-13-6-5-7-14(2)19(13)22(16(4)23)11-10-21-26(24,25)17-8-9-18(20)15(3)12-17/h5-9,12,21H,10-11H2,1-4H3. The number of para-hydroxylation sites is 1. The van der Waals surface area contributed by atoms with E-state index in [2.05, 4.69) is 4.72 Å². The van der Waals surface area contributed by atoms with Crippen molar-refractivity contribution < 1.29 is 17.6 Å². The molecule has 0 spiro atoms. The Labute approximate surface area is 153 Å². The summed E-state index contributed by atoms with van der Waals surface area (Å²) in [5.74, 6) is -0.624. The van der Waals surface area contributed by atoms with Gasteiger partial charge in [0.05, 0.1) is 4.90 Å². The van der Waals surface area contributed by atoms with Gasteiger partial charge in [0, 0.05) is 25.7 Å². The monoisotopic (exact) mass is 378 g/mol. The maximum absolute atomic E-state index is 13.3. The van der Waals surface area contributed by atoms with Gasteiger partial charge in [-0.05, 0) is 55.7 Å². The van der Waals surface area contributed by atoms with E-state index >= 15 is 0 Å². The number of carbonyl (C=O) groups is 1. The minimum absolute atomic E-state index is 0.00199. The van der Waals surface area contributed by atoms with Gasteiger partial charge < -0.3 is 4.90 Å². The lowest BCUT2D eigenvalue weighted by molar-refractivity contribution is -0.116. The van der Waals surface area contributed by atoms with Crippen LogP contribution in [0.15, 0.2) is 41.3 Å². The summed E-state index contributed by atoms with van der Waals surface area (Å²) in [5, 5.41) is 0. The minimum atomic E-state index is -3.78. The van der Waals surface area contributed by atoms with Crippen LogP contribution in [0.2, 0.25) is 0 Å². The van der Waals surface area contributed by atoms with E-state index in [1.165, 1.54) is 26.0 Å². The van der Waals surface area contributed by atoms with Gasteiger partial charge in [0.15, 0.2) is 0 Å². The molecule has 5 nitrogen and oxygen atoms in total. The van der Waals surface area contributed by atoms with E-state index in [0.29, 0.717) is 0 Å². The number of amides is 1. The number of nitrogens with zero attached hydrogens (tertiary/aromatic N) is 1. The van der Waals surface area contributed by atoms with Gasteiger partial charge in [-0.3, -0.25) is 4.79 Å². The van der Waals surface area contributed by atoms with Gasteiger partial charge in [-0.15, -0.1) is 0 Å². The zero-order valence-electron chi connectivity index (χ0n) is 15.3. The van der Waals surface area contributed by atoms with Gasteiger partial charge in [-0.25, -0.2) is 17.5 Å². The van der Waals surface area contributed by atoms with Gasteiger partial charge in [-0.2, -0.15) is 0 Å².